The van der Waals surface area contributed by atoms with Crippen LogP contribution in [0.15, 0.2) is 26.3 Å². The maximum absolute atomic E-state index is 11.9. The van der Waals surface area contributed by atoms with E-state index in [1.165, 1.54) is 0 Å². The molecule has 2 aromatic heterocycles. The predicted molar refractivity (Wildman–Crippen MR) is 113 cm³/mol. The van der Waals surface area contributed by atoms with Crippen LogP contribution in [0.5, 0.6) is 0 Å². The van der Waals surface area contributed by atoms with Crippen LogP contribution < -0.4 is 0 Å². The highest BCUT2D eigenvalue weighted by Crippen LogP contribution is 2.22. The Balaban J connectivity index is 0. The van der Waals surface area contributed by atoms with Gasteiger partial charge in [-0.05, 0) is 6.92 Å². The van der Waals surface area contributed by atoms with Crippen LogP contribution in [0, 0.1) is 0 Å². The van der Waals surface area contributed by atoms with Crippen molar-refractivity contribution in [2.75, 3.05) is 6.61 Å². The first kappa shape index (κ1) is 40.8. The van der Waals surface area contributed by atoms with Gasteiger partial charge in [-0.2, -0.15) is 52.7 Å². The average molecular weight is 657 g/mol. The fourth-order valence-corrected chi connectivity index (χ4v) is 1.84. The van der Waals surface area contributed by atoms with E-state index in [0.29, 0.717) is 6.21 Å². The van der Waals surface area contributed by atoms with Crippen LogP contribution in [0.1, 0.15) is 52.3 Å². The van der Waals surface area contributed by atoms with Gasteiger partial charge in [0, 0.05) is 12.1 Å². The summed E-state index contributed by atoms with van der Waals surface area (Å²) in [5, 5.41) is 24.0. The van der Waals surface area contributed by atoms with Crippen molar-refractivity contribution in [1.29, 1.82) is 0 Å². The Labute approximate surface area is 231 Å². The lowest BCUT2D eigenvalue weighted by Crippen LogP contribution is -2.11. The Morgan fingerprint density at radius 1 is 0.814 bits per heavy atom. The Morgan fingerprint density at radius 3 is 1.49 bits per heavy atom. The molecule has 0 spiro atoms. The van der Waals surface area contributed by atoms with Gasteiger partial charge in [0.1, 0.15) is 6.29 Å². The van der Waals surface area contributed by atoms with Crippen molar-refractivity contribution in [3.05, 3.63) is 35.0 Å². The van der Waals surface area contributed by atoms with Crippen LogP contribution >= 0.6 is 0 Å². The second-order valence-corrected chi connectivity index (χ2v) is 7.08. The van der Waals surface area contributed by atoms with Gasteiger partial charge >= 0.3 is 36.6 Å². The summed E-state index contributed by atoms with van der Waals surface area (Å²) < 4.78 is 150. The summed E-state index contributed by atoms with van der Waals surface area (Å²) in [6.07, 6.45) is -22.2. The minimum atomic E-state index is -4.41. The molecule has 0 atom stereocenters. The van der Waals surface area contributed by atoms with E-state index in [4.69, 9.17) is 15.1 Å². The smallest absolute Gasteiger partial charge is 0.395 e. The highest BCUT2D eigenvalue weighted by Gasteiger charge is 2.31. The van der Waals surface area contributed by atoms with Crippen LogP contribution in [-0.4, -0.2) is 76.4 Å². The second-order valence-electron chi connectivity index (χ2n) is 7.08. The standard InChI is InChI=1S/C8H8F3NO3.C6H4F3NO3.C3H4F3NO.C3H3F3O/c1-2-14-7(13)6-3-5(12-15-6)4-8(9,10)11;7-6(8,9)2-3-1-4(5(11)12)13-10-3;4-3(5,6)1-2-7-8;4-3(5,6)1-2-7/h3H,2,4H2,1H3;1H,2H2,(H,11,12);2,8H,1H2;2H,1H2/b;;7-2+;. The Hall–Kier alpha value is -4.34. The zero-order valence-corrected chi connectivity index (χ0v) is 21.1. The van der Waals surface area contributed by atoms with E-state index in [2.05, 4.69) is 29.3 Å². The Bertz CT molecular complexity index is 1140. The minimum Gasteiger partial charge on any atom is -0.475 e. The molecule has 0 fully saturated rings. The molecule has 2 N–H and O–H groups in total. The van der Waals surface area contributed by atoms with E-state index in [9.17, 15) is 62.3 Å². The molecule has 2 rings (SSSR count). The predicted octanol–water partition coefficient (Wildman–Crippen LogP) is 5.97. The number of hydrogen-bond acceptors (Lipinski definition) is 10. The number of carbonyl (C=O) groups excluding carboxylic acids is 2. The number of ether oxygens (including phenoxy) is 1. The molecule has 0 aliphatic heterocycles. The summed E-state index contributed by atoms with van der Waals surface area (Å²) in [5.74, 6) is -3.19. The van der Waals surface area contributed by atoms with Crippen molar-refractivity contribution in [1.82, 2.24) is 10.3 Å². The first-order chi connectivity index (χ1) is 19.4. The Kier molecular flexibility index (Phi) is 17.3. The lowest BCUT2D eigenvalue weighted by molar-refractivity contribution is -0.144. The zero-order chi connectivity index (χ0) is 34.1. The van der Waals surface area contributed by atoms with Gasteiger partial charge in [-0.1, -0.05) is 10.3 Å². The number of nitrogens with zero attached hydrogens (tertiary/aromatic N) is 3. The SMILES string of the molecule is CCOC(=O)c1cc(CC(F)(F)F)no1.O/N=C/CC(F)(F)F.O=C(O)c1cc(CC(F)(F)F)no1.O=CCC(F)(F)F. The normalized spacial score (nSPS) is 11.7. The molecule has 0 amide bonds. The topological polar surface area (TPSA) is 165 Å². The fourth-order valence-electron chi connectivity index (χ4n) is 1.84. The molecule has 0 saturated heterocycles. The van der Waals surface area contributed by atoms with E-state index in [0.717, 1.165) is 12.1 Å². The van der Waals surface area contributed by atoms with Gasteiger partial charge in [0.05, 0.1) is 49.9 Å². The molecule has 0 aliphatic rings. The number of oxime groups is 1. The van der Waals surface area contributed by atoms with Crippen molar-refractivity contribution in [3.63, 3.8) is 0 Å². The first-order valence-corrected chi connectivity index (χ1v) is 10.6. The monoisotopic (exact) mass is 657 g/mol. The molecule has 0 saturated carbocycles. The van der Waals surface area contributed by atoms with E-state index in [-0.39, 0.29) is 24.3 Å². The lowest BCUT2D eigenvalue weighted by Gasteiger charge is -2.00. The molecular weight excluding hydrogens is 638 g/mol. The van der Waals surface area contributed by atoms with E-state index < -0.39 is 73.8 Å². The van der Waals surface area contributed by atoms with E-state index in [1.807, 2.05) is 0 Å². The fraction of sp³-hybridized carbons (Fsp3) is 0.500. The summed E-state index contributed by atoms with van der Waals surface area (Å²) in [4.78, 5) is 30.3. The molecule has 0 bridgehead atoms. The van der Waals surface area contributed by atoms with Gasteiger partial charge < -0.3 is 28.9 Å². The molecule has 43 heavy (non-hydrogen) atoms. The average Bonchev–Trinajstić information content (AvgIpc) is 3.45. The summed E-state index contributed by atoms with van der Waals surface area (Å²) in [6, 6.07) is 1.67. The number of carbonyl (C=O) groups is 3. The van der Waals surface area contributed by atoms with Crippen LogP contribution in [0.4, 0.5) is 52.7 Å². The number of carboxylic acids is 1. The van der Waals surface area contributed by atoms with Crippen molar-refractivity contribution < 1.29 is 91.2 Å². The van der Waals surface area contributed by atoms with Crippen LogP contribution in [0.3, 0.4) is 0 Å². The van der Waals surface area contributed by atoms with Crippen molar-refractivity contribution in [2.45, 2.75) is 57.3 Å². The molecular formula is C20H19F12N3O8. The van der Waals surface area contributed by atoms with Gasteiger partial charge in [-0.25, -0.2) is 9.59 Å². The third kappa shape index (κ3) is 25.1. The summed E-state index contributed by atoms with van der Waals surface area (Å²) in [5.41, 5.74) is -0.782. The molecule has 0 aliphatic carbocycles. The van der Waals surface area contributed by atoms with Crippen molar-refractivity contribution in [2.24, 2.45) is 5.16 Å². The summed E-state index contributed by atoms with van der Waals surface area (Å²) in [6.45, 7) is 1.69. The van der Waals surface area contributed by atoms with Gasteiger partial charge in [-0.15, -0.1) is 5.16 Å². The number of aldehydes is 1. The molecule has 0 aromatic carbocycles. The van der Waals surface area contributed by atoms with Gasteiger partial charge in [0.25, 0.3) is 0 Å². The van der Waals surface area contributed by atoms with Crippen molar-refractivity contribution >= 4 is 24.4 Å². The molecule has 23 heteroatoms. The minimum absolute atomic E-state index is 0.119. The second kappa shape index (κ2) is 18.3. The van der Waals surface area contributed by atoms with Gasteiger partial charge in [0.15, 0.2) is 0 Å². The molecule has 2 heterocycles. The van der Waals surface area contributed by atoms with Gasteiger partial charge in [-0.3, -0.25) is 0 Å². The number of aromatic nitrogens is 2. The third-order valence-corrected chi connectivity index (χ3v) is 3.29. The van der Waals surface area contributed by atoms with E-state index >= 15 is 0 Å². The maximum Gasteiger partial charge on any atom is 0.395 e. The maximum atomic E-state index is 11.9. The number of hydrogen-bond donors (Lipinski definition) is 2. The molecule has 0 radical (unpaired) electrons. The molecule has 2 aromatic rings. The van der Waals surface area contributed by atoms with Crippen LogP contribution in [0.25, 0.3) is 0 Å². The highest BCUT2D eigenvalue weighted by molar-refractivity contribution is 5.86. The zero-order valence-electron chi connectivity index (χ0n) is 21.1. The largest absolute Gasteiger partial charge is 0.475 e. The quantitative estimate of drug-likeness (QED) is 0.0905. The highest BCUT2D eigenvalue weighted by atomic mass is 19.4. The van der Waals surface area contributed by atoms with Crippen molar-refractivity contribution in [3.8, 4) is 0 Å². The number of alkyl halides is 12. The summed E-state index contributed by atoms with van der Waals surface area (Å²) >= 11 is 0. The van der Waals surface area contributed by atoms with E-state index in [1.54, 1.807) is 6.92 Å². The van der Waals surface area contributed by atoms with Crippen LogP contribution in [-0.2, 0) is 22.4 Å². The summed E-state index contributed by atoms with van der Waals surface area (Å²) in [7, 11) is 0. The first-order valence-electron chi connectivity index (χ1n) is 10.6. The molecule has 11 nitrogen and oxygen atoms in total. The number of halogens is 12. The Morgan fingerprint density at radius 2 is 1.23 bits per heavy atom. The lowest BCUT2D eigenvalue weighted by atomic mass is 10.3. The molecule has 0 unspecified atom stereocenters. The van der Waals surface area contributed by atoms with Gasteiger partial charge in [0.2, 0.25) is 11.5 Å². The number of esters is 1. The number of rotatable bonds is 7. The number of aromatic carboxylic acids is 1. The number of carboxylic acid groups (broad SMARTS) is 1. The van der Waals surface area contributed by atoms with Crippen LogP contribution in [0.2, 0.25) is 0 Å². The third-order valence-electron chi connectivity index (χ3n) is 3.29. The molecule has 246 valence electrons.